The van der Waals surface area contributed by atoms with E-state index in [2.05, 4.69) is 10.6 Å². The Morgan fingerprint density at radius 3 is 2.58 bits per heavy atom. The van der Waals surface area contributed by atoms with E-state index in [-0.39, 0.29) is 39.8 Å². The fourth-order valence-electron chi connectivity index (χ4n) is 6.52. The molecule has 0 bridgehead atoms. The molecule has 2 aliphatic heterocycles. The van der Waals surface area contributed by atoms with E-state index in [1.807, 2.05) is 20.8 Å². The number of aliphatic hydroxyl groups is 1. The highest BCUT2D eigenvalue weighted by Gasteiger charge is 2.67. The zero-order valence-electron chi connectivity index (χ0n) is 21.7. The summed E-state index contributed by atoms with van der Waals surface area (Å²) in [5, 5.41) is 16.2. The van der Waals surface area contributed by atoms with Crippen LogP contribution < -0.4 is 15.4 Å². The second-order valence-corrected chi connectivity index (χ2v) is 12.4. The number of hydrogen-bond acceptors (Lipinski definition) is 5. The summed E-state index contributed by atoms with van der Waals surface area (Å²) in [7, 11) is 0. The number of esters is 1. The molecule has 9 heteroatoms. The maximum Gasteiger partial charge on any atom is 0.324 e. The molecule has 5 rings (SSSR count). The lowest BCUT2D eigenvalue weighted by Crippen LogP contribution is -2.49. The number of nitrogens with one attached hydrogen (secondary N) is 2. The molecule has 1 amide bonds. The number of fused-ring (bicyclic) bond motifs is 2. The van der Waals surface area contributed by atoms with Crippen LogP contribution in [0, 0.1) is 17.0 Å². The highest BCUT2D eigenvalue weighted by atomic mass is 35.5. The van der Waals surface area contributed by atoms with E-state index in [0.29, 0.717) is 37.7 Å². The van der Waals surface area contributed by atoms with E-state index in [0.717, 1.165) is 6.07 Å². The van der Waals surface area contributed by atoms with Crippen LogP contribution in [0.25, 0.3) is 0 Å². The summed E-state index contributed by atoms with van der Waals surface area (Å²) in [4.78, 5) is 27.8. The van der Waals surface area contributed by atoms with Crippen LogP contribution in [0.5, 0.6) is 5.75 Å². The molecule has 1 saturated heterocycles. The van der Waals surface area contributed by atoms with E-state index in [1.54, 1.807) is 12.1 Å². The summed E-state index contributed by atoms with van der Waals surface area (Å²) in [6.07, 6.45) is 2.48. The fourth-order valence-corrected chi connectivity index (χ4v) is 6.70. The Hall–Kier alpha value is -2.55. The van der Waals surface area contributed by atoms with Crippen LogP contribution in [-0.2, 0) is 15.0 Å². The molecule has 3 N–H and O–H groups in total. The van der Waals surface area contributed by atoms with Gasteiger partial charge in [-0.15, -0.1) is 0 Å². The van der Waals surface area contributed by atoms with Crippen molar-refractivity contribution in [2.75, 3.05) is 0 Å². The van der Waals surface area contributed by atoms with Gasteiger partial charge in [-0.05, 0) is 55.2 Å². The standard InChI is InChI=1S/C29H33ClF2N2O4/c1-28(2,3)14-22-29(19-12-7-15(31)13-21(19)38-27(29)37)23(18-5-4-6-20(30)24(18)32)25(34-22)26(36)33-16-8-10-17(35)11-9-16/h4-7,12-13,16-17,22-23,25,34-35H,8-11,14H2,1-3H3,(H,33,36)/t16?,17?,22-,23+,25-,29+/m1/s1. The molecular weight excluding hydrogens is 514 g/mol. The summed E-state index contributed by atoms with van der Waals surface area (Å²) in [5.41, 5.74) is -1.23. The van der Waals surface area contributed by atoms with E-state index in [9.17, 15) is 19.1 Å². The summed E-state index contributed by atoms with van der Waals surface area (Å²) in [5.74, 6) is -3.23. The van der Waals surface area contributed by atoms with Crippen molar-refractivity contribution in [3.05, 3.63) is 64.2 Å². The fraction of sp³-hybridized carbons (Fsp3) is 0.517. The summed E-state index contributed by atoms with van der Waals surface area (Å²) < 4.78 is 35.6. The van der Waals surface area contributed by atoms with E-state index in [4.69, 9.17) is 16.3 Å². The van der Waals surface area contributed by atoms with Crippen LogP contribution in [0.4, 0.5) is 8.78 Å². The lowest BCUT2D eigenvalue weighted by molar-refractivity contribution is -0.139. The van der Waals surface area contributed by atoms with Gasteiger partial charge in [-0.1, -0.05) is 50.6 Å². The largest absolute Gasteiger partial charge is 0.425 e. The molecule has 204 valence electrons. The molecule has 6 nitrogen and oxygen atoms in total. The van der Waals surface area contributed by atoms with Crippen LogP contribution in [0.1, 0.15) is 69.9 Å². The summed E-state index contributed by atoms with van der Waals surface area (Å²) >= 11 is 6.20. The van der Waals surface area contributed by atoms with Crippen molar-refractivity contribution in [2.24, 2.45) is 5.41 Å². The number of carbonyl (C=O) groups excluding carboxylic acids is 2. The van der Waals surface area contributed by atoms with Crippen LogP contribution >= 0.6 is 11.6 Å². The average Bonchev–Trinajstić information content (AvgIpc) is 3.31. The van der Waals surface area contributed by atoms with Gasteiger partial charge in [-0.3, -0.25) is 9.59 Å². The maximum absolute atomic E-state index is 15.7. The number of rotatable bonds is 4. The third kappa shape index (κ3) is 4.61. The number of hydrogen-bond donors (Lipinski definition) is 3. The molecule has 0 radical (unpaired) electrons. The normalized spacial score (nSPS) is 30.8. The molecule has 0 unspecified atom stereocenters. The molecule has 2 fully saturated rings. The van der Waals surface area contributed by atoms with Gasteiger partial charge < -0.3 is 20.5 Å². The molecule has 1 saturated carbocycles. The minimum Gasteiger partial charge on any atom is -0.425 e. The first-order valence-corrected chi connectivity index (χ1v) is 13.5. The first kappa shape index (κ1) is 27.0. The molecule has 3 aliphatic rings. The molecule has 4 atom stereocenters. The molecule has 1 spiro atoms. The van der Waals surface area contributed by atoms with Gasteiger partial charge in [0.2, 0.25) is 5.91 Å². The number of amides is 1. The van der Waals surface area contributed by atoms with Gasteiger partial charge in [0.15, 0.2) is 0 Å². The van der Waals surface area contributed by atoms with Crippen LogP contribution in [0.15, 0.2) is 36.4 Å². The number of carbonyl (C=O) groups is 2. The third-order valence-corrected chi connectivity index (χ3v) is 8.43. The number of benzene rings is 2. The Kier molecular flexibility index (Phi) is 7.03. The quantitative estimate of drug-likeness (QED) is 0.380. The van der Waals surface area contributed by atoms with E-state index >= 15 is 4.39 Å². The maximum atomic E-state index is 15.7. The second kappa shape index (κ2) is 9.88. The van der Waals surface area contributed by atoms with Crippen molar-refractivity contribution in [1.29, 1.82) is 0 Å². The highest BCUT2D eigenvalue weighted by Crippen LogP contribution is 2.57. The van der Waals surface area contributed by atoms with E-state index in [1.165, 1.54) is 18.2 Å². The predicted molar refractivity (Wildman–Crippen MR) is 139 cm³/mol. The monoisotopic (exact) mass is 546 g/mol. The Morgan fingerprint density at radius 1 is 1.18 bits per heavy atom. The van der Waals surface area contributed by atoms with Gasteiger partial charge in [-0.25, -0.2) is 8.78 Å². The van der Waals surface area contributed by atoms with Crippen molar-refractivity contribution in [2.45, 2.75) is 88.4 Å². The predicted octanol–water partition coefficient (Wildman–Crippen LogP) is 4.76. The third-order valence-electron chi connectivity index (χ3n) is 8.14. The minimum absolute atomic E-state index is 0.0745. The molecular formula is C29H33ClF2N2O4. The van der Waals surface area contributed by atoms with Gasteiger partial charge in [0.1, 0.15) is 22.8 Å². The van der Waals surface area contributed by atoms with Crippen molar-refractivity contribution in [3.8, 4) is 5.75 Å². The van der Waals surface area contributed by atoms with Crippen LogP contribution in [0.2, 0.25) is 5.02 Å². The number of ether oxygens (including phenoxy) is 1. The molecule has 2 heterocycles. The van der Waals surface area contributed by atoms with Crippen LogP contribution in [-0.4, -0.2) is 41.2 Å². The zero-order chi connectivity index (χ0) is 27.4. The Morgan fingerprint density at radius 2 is 1.89 bits per heavy atom. The smallest absolute Gasteiger partial charge is 0.324 e. The summed E-state index contributed by atoms with van der Waals surface area (Å²) in [6, 6.07) is 6.71. The molecule has 2 aromatic rings. The number of aliphatic hydroxyl groups excluding tert-OH is 1. The first-order chi connectivity index (χ1) is 17.9. The van der Waals surface area contributed by atoms with E-state index < -0.39 is 41.0 Å². The van der Waals surface area contributed by atoms with Gasteiger partial charge in [-0.2, -0.15) is 0 Å². The lowest BCUT2D eigenvalue weighted by atomic mass is 9.62. The average molecular weight is 547 g/mol. The Bertz CT molecular complexity index is 1260. The van der Waals surface area contributed by atoms with Gasteiger partial charge in [0, 0.05) is 29.6 Å². The second-order valence-electron chi connectivity index (χ2n) is 12.0. The number of halogens is 3. The molecule has 38 heavy (non-hydrogen) atoms. The molecule has 0 aromatic heterocycles. The van der Waals surface area contributed by atoms with Crippen molar-refractivity contribution < 1.29 is 28.2 Å². The zero-order valence-corrected chi connectivity index (χ0v) is 22.4. The lowest BCUT2D eigenvalue weighted by Gasteiger charge is -2.36. The van der Waals surface area contributed by atoms with Crippen molar-refractivity contribution in [3.63, 3.8) is 0 Å². The van der Waals surface area contributed by atoms with Crippen molar-refractivity contribution in [1.82, 2.24) is 10.6 Å². The van der Waals surface area contributed by atoms with Gasteiger partial charge in [0.25, 0.3) is 0 Å². The SMILES string of the molecule is CC(C)(C)C[C@H]1N[C@@H](C(=O)NC2CCC(O)CC2)[C@H](c2cccc(Cl)c2F)[C@@]12C(=O)Oc1cc(F)ccc12. The van der Waals surface area contributed by atoms with Gasteiger partial charge >= 0.3 is 5.97 Å². The molecule has 1 aliphatic carbocycles. The summed E-state index contributed by atoms with van der Waals surface area (Å²) in [6.45, 7) is 6.05. The Balaban J connectivity index is 1.67. The topological polar surface area (TPSA) is 87.7 Å². The Labute approximate surface area is 226 Å². The minimum atomic E-state index is -1.49. The molecule has 2 aromatic carbocycles. The van der Waals surface area contributed by atoms with Crippen molar-refractivity contribution >= 4 is 23.5 Å². The van der Waals surface area contributed by atoms with Crippen LogP contribution in [0.3, 0.4) is 0 Å². The highest BCUT2D eigenvalue weighted by molar-refractivity contribution is 6.30. The van der Waals surface area contributed by atoms with Gasteiger partial charge in [0.05, 0.1) is 17.2 Å². The first-order valence-electron chi connectivity index (χ1n) is 13.1.